The number of nitrogens with one attached hydrogen (secondary N) is 1. The van der Waals surface area contributed by atoms with Crippen molar-refractivity contribution in [3.8, 4) is 11.5 Å². The molecule has 0 unspecified atom stereocenters. The number of thiazole rings is 1. The van der Waals surface area contributed by atoms with Gasteiger partial charge in [-0.25, -0.2) is 0 Å². The number of phenols is 1. The zero-order chi connectivity index (χ0) is 16.3. The van der Waals surface area contributed by atoms with Gasteiger partial charge in [0.05, 0.1) is 22.2 Å². The quantitative estimate of drug-likeness (QED) is 0.550. The van der Waals surface area contributed by atoms with Crippen LogP contribution in [0.4, 0.5) is 0 Å². The molecule has 0 bridgehead atoms. The molecular weight excluding hydrogens is 342 g/mol. The van der Waals surface area contributed by atoms with Gasteiger partial charge in [0.25, 0.3) is 0 Å². The predicted octanol–water partition coefficient (Wildman–Crippen LogP) is 0.0333. The molecule has 0 saturated heterocycles. The van der Waals surface area contributed by atoms with E-state index >= 15 is 0 Å². The summed E-state index contributed by atoms with van der Waals surface area (Å²) in [6.07, 6.45) is 0. The van der Waals surface area contributed by atoms with Gasteiger partial charge in [-0.2, -0.15) is 0 Å². The van der Waals surface area contributed by atoms with Crippen molar-refractivity contribution in [3.05, 3.63) is 38.3 Å². The summed E-state index contributed by atoms with van der Waals surface area (Å²) in [5, 5.41) is 20.3. The number of hydrogen-bond acceptors (Lipinski definition) is 8. The van der Waals surface area contributed by atoms with Gasteiger partial charge < -0.3 is 24.7 Å². The van der Waals surface area contributed by atoms with Crippen LogP contribution in [0.1, 0.15) is 16.4 Å². The number of aromatic nitrogens is 1. The number of carboxylic acids is 1. The van der Waals surface area contributed by atoms with Crippen LogP contribution in [0.3, 0.4) is 0 Å². The lowest BCUT2D eigenvalue weighted by atomic mass is 9.80. The number of fused-ring (bicyclic) bond motifs is 5. The van der Waals surface area contributed by atoms with Crippen LogP contribution in [-0.2, 0) is 9.59 Å². The average molecular weight is 350 g/mol. The number of carbonyl (C=O) groups is 2. The molecule has 2 N–H and O–H groups in total. The number of thioether (sulfide) groups is 1. The highest BCUT2D eigenvalue weighted by molar-refractivity contribution is 8.00. The van der Waals surface area contributed by atoms with Gasteiger partial charge in [-0.3, -0.25) is 9.59 Å². The van der Waals surface area contributed by atoms with E-state index in [0.717, 1.165) is 23.1 Å². The molecule has 1 aromatic heterocycles. The minimum absolute atomic E-state index is 0.0703. The molecule has 9 heteroatoms. The molecule has 0 fully saturated rings. The number of H-pyrrole nitrogens is 1. The summed E-state index contributed by atoms with van der Waals surface area (Å²) < 4.78 is 5.20. The van der Waals surface area contributed by atoms with Gasteiger partial charge in [-0.1, -0.05) is 29.2 Å². The summed E-state index contributed by atoms with van der Waals surface area (Å²) in [5.74, 6) is -3.59. The second kappa shape index (κ2) is 4.87. The largest absolute Gasteiger partial charge is 0.549 e. The van der Waals surface area contributed by atoms with E-state index in [9.17, 15) is 24.6 Å². The first-order valence-corrected chi connectivity index (χ1v) is 8.30. The molecule has 0 aliphatic carbocycles. The Morgan fingerprint density at radius 1 is 1.35 bits per heavy atom. The summed E-state index contributed by atoms with van der Waals surface area (Å²) >= 11 is 1.84. The van der Waals surface area contributed by atoms with Crippen molar-refractivity contribution in [2.45, 2.75) is 16.2 Å². The standard InChI is InChI=1S/C14H9NO6S2/c16-4-1-2-5-6(3-4)21-13(19)8-7(5)9-11(15-14(20)23-9)22-10(8)12(17)18/h1-3,7-8,10,16H,(H,15,20)(H,17,18)/p-1/t7-,8+,10+/m0/s1. The summed E-state index contributed by atoms with van der Waals surface area (Å²) in [7, 11) is 0. The highest BCUT2D eigenvalue weighted by atomic mass is 32.2. The second-order valence-corrected chi connectivity index (χ2v) is 7.38. The first kappa shape index (κ1) is 14.3. The summed E-state index contributed by atoms with van der Waals surface area (Å²) in [4.78, 5) is 38.4. The number of aromatic amines is 1. The number of ether oxygens (including phenoxy) is 1. The number of aromatic hydroxyl groups is 1. The minimum atomic E-state index is -1.39. The third kappa shape index (κ3) is 2.07. The van der Waals surface area contributed by atoms with Crippen molar-refractivity contribution < 1.29 is 24.5 Å². The summed E-state index contributed by atoms with van der Waals surface area (Å²) in [5.41, 5.74) is 0.565. The fourth-order valence-corrected chi connectivity index (χ4v) is 5.38. The molecule has 0 radical (unpaired) electrons. The van der Waals surface area contributed by atoms with Gasteiger partial charge in [0, 0.05) is 22.4 Å². The zero-order valence-corrected chi connectivity index (χ0v) is 12.9. The minimum Gasteiger partial charge on any atom is -0.549 e. The number of phenolic OH excluding ortho intramolecular Hbond substituents is 1. The number of rotatable bonds is 1. The maximum Gasteiger partial charge on any atom is 0.316 e. The van der Waals surface area contributed by atoms with Crippen molar-refractivity contribution in [1.29, 1.82) is 0 Å². The highest BCUT2D eigenvalue weighted by Gasteiger charge is 2.49. The van der Waals surface area contributed by atoms with Gasteiger partial charge in [0.1, 0.15) is 11.5 Å². The van der Waals surface area contributed by atoms with E-state index in [-0.39, 0.29) is 16.4 Å². The van der Waals surface area contributed by atoms with Gasteiger partial charge in [0.15, 0.2) is 0 Å². The van der Waals surface area contributed by atoms with Crippen LogP contribution >= 0.6 is 23.1 Å². The lowest BCUT2D eigenvalue weighted by Gasteiger charge is -2.39. The van der Waals surface area contributed by atoms with Crippen LogP contribution in [0.5, 0.6) is 11.5 Å². The molecular formula is C14H8NO6S2-. The van der Waals surface area contributed by atoms with Crippen LogP contribution in [0.15, 0.2) is 28.0 Å². The number of carbonyl (C=O) groups excluding carboxylic acids is 2. The Bertz CT molecular complexity index is 901. The lowest BCUT2D eigenvalue weighted by molar-refractivity contribution is -0.306. The molecule has 7 nitrogen and oxygen atoms in total. The Hall–Kier alpha value is -2.26. The Morgan fingerprint density at radius 2 is 2.13 bits per heavy atom. The van der Waals surface area contributed by atoms with E-state index < -0.39 is 29.0 Å². The summed E-state index contributed by atoms with van der Waals surface area (Å²) in [6.45, 7) is 0. The summed E-state index contributed by atoms with van der Waals surface area (Å²) in [6, 6.07) is 4.30. The van der Waals surface area contributed by atoms with Crippen molar-refractivity contribution in [1.82, 2.24) is 4.98 Å². The predicted molar refractivity (Wildman–Crippen MR) is 78.7 cm³/mol. The number of esters is 1. The van der Waals surface area contributed by atoms with Gasteiger partial charge in [-0.15, -0.1) is 0 Å². The molecule has 4 rings (SSSR count). The van der Waals surface area contributed by atoms with Crippen molar-refractivity contribution in [2.24, 2.45) is 5.92 Å². The number of benzene rings is 1. The van der Waals surface area contributed by atoms with E-state index in [0.29, 0.717) is 15.5 Å². The van der Waals surface area contributed by atoms with E-state index in [4.69, 9.17) is 4.74 Å². The van der Waals surface area contributed by atoms with Crippen molar-refractivity contribution in [2.75, 3.05) is 0 Å². The Morgan fingerprint density at radius 3 is 2.87 bits per heavy atom. The van der Waals surface area contributed by atoms with Crippen molar-refractivity contribution in [3.63, 3.8) is 0 Å². The molecule has 2 aliphatic rings. The molecule has 3 heterocycles. The Balaban J connectivity index is 1.98. The maximum absolute atomic E-state index is 12.3. The van der Waals surface area contributed by atoms with Crippen LogP contribution in [-0.4, -0.2) is 27.3 Å². The smallest absolute Gasteiger partial charge is 0.316 e. The van der Waals surface area contributed by atoms with Crippen LogP contribution in [0.2, 0.25) is 0 Å². The van der Waals surface area contributed by atoms with Gasteiger partial charge >= 0.3 is 10.8 Å². The first-order chi connectivity index (χ1) is 11.0. The third-order valence-corrected chi connectivity index (χ3v) is 6.29. The SMILES string of the molecule is O=C1Oc2cc(O)ccc2[C@@H]2c3sc(=O)[nH]c3S[C@@H](C(=O)[O-])[C@H]12. The monoisotopic (exact) mass is 350 g/mol. The first-order valence-electron chi connectivity index (χ1n) is 6.61. The Labute approximate surface area is 136 Å². The average Bonchev–Trinajstić information content (AvgIpc) is 2.85. The molecule has 23 heavy (non-hydrogen) atoms. The number of carboxylic acid groups (broad SMARTS) is 1. The van der Waals surface area contributed by atoms with Crippen LogP contribution in [0.25, 0.3) is 0 Å². The van der Waals surface area contributed by atoms with E-state index in [1.807, 2.05) is 0 Å². The maximum atomic E-state index is 12.3. The zero-order valence-electron chi connectivity index (χ0n) is 11.3. The normalized spacial score (nSPS) is 25.0. The molecule has 0 spiro atoms. The molecule has 0 saturated carbocycles. The van der Waals surface area contributed by atoms with Crippen LogP contribution in [0, 0.1) is 5.92 Å². The third-order valence-electron chi connectivity index (χ3n) is 3.90. The molecule has 2 aromatic rings. The second-order valence-electron chi connectivity index (χ2n) is 5.21. The molecule has 2 aliphatic heterocycles. The van der Waals surface area contributed by atoms with Crippen molar-refractivity contribution >= 4 is 35.0 Å². The topological polar surface area (TPSA) is 120 Å². The number of hydrogen-bond donors (Lipinski definition) is 2. The van der Waals surface area contributed by atoms with E-state index in [2.05, 4.69) is 4.98 Å². The molecule has 3 atom stereocenters. The van der Waals surface area contributed by atoms with Gasteiger partial charge in [-0.05, 0) is 6.07 Å². The molecule has 118 valence electrons. The van der Waals surface area contributed by atoms with Crippen LogP contribution < -0.4 is 14.7 Å². The Kier molecular flexibility index (Phi) is 3.03. The fraction of sp³-hybridized carbons (Fsp3) is 0.214. The van der Waals surface area contributed by atoms with Gasteiger partial charge in [0.2, 0.25) is 0 Å². The fourth-order valence-electron chi connectivity index (χ4n) is 2.99. The molecule has 0 amide bonds. The van der Waals surface area contributed by atoms with E-state index in [1.165, 1.54) is 12.1 Å². The number of aliphatic carboxylic acids is 1. The van der Waals surface area contributed by atoms with E-state index in [1.54, 1.807) is 6.07 Å². The lowest BCUT2D eigenvalue weighted by Crippen LogP contribution is -2.48. The highest BCUT2D eigenvalue weighted by Crippen LogP contribution is 2.53. The molecule has 1 aromatic carbocycles.